The van der Waals surface area contributed by atoms with E-state index in [1.807, 2.05) is 38.1 Å². The van der Waals surface area contributed by atoms with Crippen LogP contribution in [0.15, 0.2) is 29.6 Å². The number of urea groups is 1. The highest BCUT2D eigenvalue weighted by Crippen LogP contribution is 2.33. The van der Waals surface area contributed by atoms with Crippen LogP contribution < -0.4 is 15.8 Å². The van der Waals surface area contributed by atoms with Crippen LogP contribution in [0.4, 0.5) is 9.93 Å². The molecule has 1 unspecified atom stereocenters. The summed E-state index contributed by atoms with van der Waals surface area (Å²) in [7, 11) is -3.62. The zero-order valence-corrected chi connectivity index (χ0v) is 16.1. The van der Waals surface area contributed by atoms with E-state index in [2.05, 4.69) is 21.5 Å². The topological polar surface area (TPSA) is 114 Å². The summed E-state index contributed by atoms with van der Waals surface area (Å²) in [6.07, 6.45) is 5.77. The lowest BCUT2D eigenvalue weighted by Crippen LogP contribution is -2.34. The quantitative estimate of drug-likeness (QED) is 0.650. The third kappa shape index (κ3) is 5.05. The molecule has 0 radical (unpaired) electrons. The standard InChI is InChI=1S/C17H20N4O3S2/c1-4-17(3,13-7-5-12(2)6-8-13)14-11-25-16(20-14)21-15(22)19-9-10-26(18,23)24/h1,5-8,11H,9-10H2,2-3H3,(H2,18,23,24)(H2,19,20,21,22). The Morgan fingerprint density at radius 2 is 2.04 bits per heavy atom. The van der Waals surface area contributed by atoms with Crippen molar-refractivity contribution < 1.29 is 13.2 Å². The predicted octanol–water partition coefficient (Wildman–Crippen LogP) is 1.80. The second-order valence-corrected chi connectivity index (χ2v) is 8.51. The molecule has 0 bridgehead atoms. The van der Waals surface area contributed by atoms with Gasteiger partial charge in [0.15, 0.2) is 5.13 Å². The summed E-state index contributed by atoms with van der Waals surface area (Å²) >= 11 is 1.24. The maximum absolute atomic E-state index is 11.8. The Hall–Kier alpha value is -2.41. The van der Waals surface area contributed by atoms with Gasteiger partial charge in [0.2, 0.25) is 10.0 Å². The van der Waals surface area contributed by atoms with Crippen LogP contribution >= 0.6 is 11.3 Å². The molecular formula is C17H20N4O3S2. The van der Waals surface area contributed by atoms with Crippen molar-refractivity contribution in [3.63, 3.8) is 0 Å². The number of hydrogen-bond acceptors (Lipinski definition) is 5. The molecule has 0 aliphatic rings. The largest absolute Gasteiger partial charge is 0.337 e. The minimum absolute atomic E-state index is 0.0890. The molecular weight excluding hydrogens is 372 g/mol. The van der Waals surface area contributed by atoms with Gasteiger partial charge in [-0.25, -0.2) is 23.3 Å². The van der Waals surface area contributed by atoms with Crippen molar-refractivity contribution in [3.8, 4) is 12.3 Å². The summed E-state index contributed by atoms with van der Waals surface area (Å²) in [5, 5.41) is 12.0. The number of anilines is 1. The summed E-state index contributed by atoms with van der Waals surface area (Å²) < 4.78 is 21.7. The molecule has 7 nitrogen and oxygen atoms in total. The van der Waals surface area contributed by atoms with E-state index in [4.69, 9.17) is 11.6 Å². The summed E-state index contributed by atoms with van der Waals surface area (Å²) in [5.74, 6) is 2.44. The van der Waals surface area contributed by atoms with Crippen molar-refractivity contribution in [1.29, 1.82) is 0 Å². The van der Waals surface area contributed by atoms with Gasteiger partial charge in [0.05, 0.1) is 16.9 Å². The van der Waals surface area contributed by atoms with Gasteiger partial charge in [-0.05, 0) is 19.4 Å². The van der Waals surface area contributed by atoms with Crippen LogP contribution in [0, 0.1) is 19.3 Å². The average molecular weight is 393 g/mol. The van der Waals surface area contributed by atoms with Crippen LogP contribution in [0.3, 0.4) is 0 Å². The SMILES string of the molecule is C#CC(C)(c1ccc(C)cc1)c1csc(NC(=O)NCCS(N)(=O)=O)n1. The number of carbonyl (C=O) groups is 1. The molecule has 9 heteroatoms. The molecule has 0 aliphatic carbocycles. The normalized spacial score (nSPS) is 13.5. The number of nitrogens with one attached hydrogen (secondary N) is 2. The van der Waals surface area contributed by atoms with Crippen LogP contribution in [0.1, 0.15) is 23.7 Å². The fraction of sp³-hybridized carbons (Fsp3) is 0.294. The number of sulfonamides is 1. The van der Waals surface area contributed by atoms with Crippen molar-refractivity contribution in [2.24, 2.45) is 5.14 Å². The average Bonchev–Trinajstić information content (AvgIpc) is 3.02. The Morgan fingerprint density at radius 3 is 2.62 bits per heavy atom. The van der Waals surface area contributed by atoms with Gasteiger partial charge in [-0.1, -0.05) is 35.7 Å². The van der Waals surface area contributed by atoms with Crippen LogP contribution in [-0.4, -0.2) is 31.7 Å². The molecule has 0 fully saturated rings. The number of carbonyl (C=O) groups excluding carboxylic acids is 1. The van der Waals surface area contributed by atoms with Gasteiger partial charge in [-0.15, -0.1) is 17.8 Å². The van der Waals surface area contributed by atoms with Crippen molar-refractivity contribution in [2.75, 3.05) is 17.6 Å². The second kappa shape index (κ2) is 7.86. The molecule has 1 aromatic carbocycles. The summed E-state index contributed by atoms with van der Waals surface area (Å²) in [5.41, 5.74) is 1.98. The maximum atomic E-state index is 11.8. The number of aryl methyl sites for hydroxylation is 1. The Kier molecular flexibility index (Phi) is 6.02. The van der Waals surface area contributed by atoms with E-state index in [-0.39, 0.29) is 12.3 Å². The Labute approximate surface area is 157 Å². The zero-order chi connectivity index (χ0) is 19.4. The van der Waals surface area contributed by atoms with E-state index in [0.717, 1.165) is 11.1 Å². The predicted molar refractivity (Wildman–Crippen MR) is 104 cm³/mol. The lowest BCUT2D eigenvalue weighted by Gasteiger charge is -2.22. The van der Waals surface area contributed by atoms with Crippen molar-refractivity contribution in [2.45, 2.75) is 19.3 Å². The maximum Gasteiger partial charge on any atom is 0.321 e. The molecule has 0 spiro atoms. The van der Waals surface area contributed by atoms with E-state index < -0.39 is 21.5 Å². The van der Waals surface area contributed by atoms with Crippen LogP contribution in [0.25, 0.3) is 0 Å². The Balaban J connectivity index is 2.09. The second-order valence-electron chi connectivity index (χ2n) is 5.92. The third-order valence-electron chi connectivity index (χ3n) is 3.83. The van der Waals surface area contributed by atoms with E-state index in [9.17, 15) is 13.2 Å². The highest BCUT2D eigenvalue weighted by atomic mass is 32.2. The fourth-order valence-corrected chi connectivity index (χ4v) is 3.40. The highest BCUT2D eigenvalue weighted by Gasteiger charge is 2.29. The van der Waals surface area contributed by atoms with Crippen molar-refractivity contribution in [1.82, 2.24) is 10.3 Å². The molecule has 0 saturated carbocycles. The Morgan fingerprint density at radius 1 is 1.38 bits per heavy atom. The van der Waals surface area contributed by atoms with Gasteiger partial charge >= 0.3 is 6.03 Å². The first-order chi connectivity index (χ1) is 12.1. The minimum Gasteiger partial charge on any atom is -0.337 e. The van der Waals surface area contributed by atoms with Gasteiger partial charge in [-0.2, -0.15) is 0 Å². The van der Waals surface area contributed by atoms with Crippen LogP contribution in [0.5, 0.6) is 0 Å². The number of terminal acetylenes is 1. The van der Waals surface area contributed by atoms with E-state index in [1.54, 1.807) is 5.38 Å². The smallest absolute Gasteiger partial charge is 0.321 e. The first-order valence-electron chi connectivity index (χ1n) is 7.70. The number of rotatable bonds is 6. The molecule has 2 rings (SSSR count). The highest BCUT2D eigenvalue weighted by molar-refractivity contribution is 7.89. The number of hydrogen-bond donors (Lipinski definition) is 3. The summed E-state index contributed by atoms with van der Waals surface area (Å²) in [4.78, 5) is 16.2. The summed E-state index contributed by atoms with van der Waals surface area (Å²) in [6, 6.07) is 7.32. The van der Waals surface area contributed by atoms with Gasteiger partial charge in [-0.3, -0.25) is 5.32 Å². The molecule has 1 atom stereocenters. The molecule has 2 aromatic rings. The minimum atomic E-state index is -3.62. The number of primary sulfonamides is 1. The van der Waals surface area contributed by atoms with E-state index >= 15 is 0 Å². The van der Waals surface area contributed by atoms with Crippen molar-refractivity contribution >= 4 is 32.5 Å². The number of nitrogens with zero attached hydrogens (tertiary/aromatic N) is 1. The first kappa shape index (κ1) is 19.9. The number of thiazole rings is 1. The molecule has 26 heavy (non-hydrogen) atoms. The third-order valence-corrected chi connectivity index (χ3v) is 5.36. The lowest BCUT2D eigenvalue weighted by molar-refractivity contribution is 0.252. The van der Waals surface area contributed by atoms with Gasteiger partial charge < -0.3 is 5.32 Å². The fourth-order valence-electron chi connectivity index (χ4n) is 2.20. The molecule has 2 amide bonds. The summed E-state index contributed by atoms with van der Waals surface area (Å²) in [6.45, 7) is 3.80. The van der Waals surface area contributed by atoms with Gasteiger partial charge in [0, 0.05) is 11.9 Å². The lowest BCUT2D eigenvalue weighted by atomic mass is 9.80. The van der Waals surface area contributed by atoms with Crippen molar-refractivity contribution in [3.05, 3.63) is 46.5 Å². The molecule has 0 saturated heterocycles. The van der Waals surface area contributed by atoms with Gasteiger partial charge in [0.1, 0.15) is 0 Å². The molecule has 1 aromatic heterocycles. The van der Waals surface area contributed by atoms with E-state index in [1.165, 1.54) is 11.3 Å². The Bertz CT molecular complexity index is 930. The molecule has 1 heterocycles. The zero-order valence-electron chi connectivity index (χ0n) is 14.4. The molecule has 4 N–H and O–H groups in total. The van der Waals surface area contributed by atoms with Gasteiger partial charge in [0.25, 0.3) is 0 Å². The molecule has 138 valence electrons. The number of amides is 2. The van der Waals surface area contributed by atoms with Crippen LogP contribution in [0.2, 0.25) is 0 Å². The molecule has 0 aliphatic heterocycles. The number of aromatic nitrogens is 1. The van der Waals surface area contributed by atoms with E-state index in [0.29, 0.717) is 10.8 Å². The number of nitrogens with two attached hydrogens (primary N) is 1. The monoisotopic (exact) mass is 392 g/mol. The van der Waals surface area contributed by atoms with Crippen LogP contribution in [-0.2, 0) is 15.4 Å². The number of benzene rings is 1. The first-order valence-corrected chi connectivity index (χ1v) is 10.3.